The van der Waals surface area contributed by atoms with Crippen molar-refractivity contribution >= 4 is 35.2 Å². The van der Waals surface area contributed by atoms with Crippen LogP contribution in [0.2, 0.25) is 5.02 Å². The summed E-state index contributed by atoms with van der Waals surface area (Å²) in [4.78, 5) is 28.6. The van der Waals surface area contributed by atoms with Crippen LogP contribution in [-0.4, -0.2) is 34.6 Å². The maximum Gasteiger partial charge on any atom is 0.243 e. The lowest BCUT2D eigenvalue weighted by molar-refractivity contribution is -0.141. The van der Waals surface area contributed by atoms with Gasteiger partial charge in [-0.25, -0.2) is 0 Å². The Hall–Kier alpha value is -1.98. The quantitative estimate of drug-likeness (QED) is 0.528. The second kappa shape index (κ2) is 11.9. The summed E-state index contributed by atoms with van der Waals surface area (Å²) in [5, 5.41) is 3.65. The molecule has 29 heavy (non-hydrogen) atoms. The Morgan fingerprint density at radius 1 is 1.07 bits per heavy atom. The summed E-state index contributed by atoms with van der Waals surface area (Å²) in [7, 11) is 0. The monoisotopic (exact) mass is 432 g/mol. The maximum atomic E-state index is 13.1. The van der Waals surface area contributed by atoms with Crippen molar-refractivity contribution in [3.05, 3.63) is 65.2 Å². The minimum absolute atomic E-state index is 0.0129. The van der Waals surface area contributed by atoms with Crippen LogP contribution in [-0.2, 0) is 16.1 Å². The number of amides is 2. The van der Waals surface area contributed by atoms with Gasteiger partial charge in [-0.2, -0.15) is 0 Å². The van der Waals surface area contributed by atoms with Gasteiger partial charge in [0.25, 0.3) is 0 Å². The molecule has 0 aliphatic rings. The summed E-state index contributed by atoms with van der Waals surface area (Å²) < 4.78 is 0. The molecule has 0 bridgehead atoms. The summed E-state index contributed by atoms with van der Waals surface area (Å²) in [6, 6.07) is 16.9. The molecule has 2 aromatic rings. The molecule has 2 amide bonds. The normalized spacial score (nSPS) is 11.9. The van der Waals surface area contributed by atoms with E-state index in [0.29, 0.717) is 30.2 Å². The third-order valence-electron chi connectivity index (χ3n) is 4.41. The maximum absolute atomic E-state index is 13.1. The lowest BCUT2D eigenvalue weighted by atomic mass is 10.1. The fourth-order valence-electron chi connectivity index (χ4n) is 3.01. The molecule has 0 fully saturated rings. The minimum Gasteiger partial charge on any atom is -0.352 e. The second-order valence-corrected chi connectivity index (χ2v) is 8.75. The molecule has 0 saturated heterocycles. The first kappa shape index (κ1) is 23.3. The number of nitrogens with zero attached hydrogens (tertiary/aromatic N) is 1. The zero-order chi connectivity index (χ0) is 21.2. The smallest absolute Gasteiger partial charge is 0.243 e. The number of thioether (sulfide) groups is 1. The van der Waals surface area contributed by atoms with Crippen molar-refractivity contribution in [2.24, 2.45) is 0 Å². The molecule has 1 N–H and O–H groups in total. The van der Waals surface area contributed by atoms with Crippen LogP contribution in [0.5, 0.6) is 0 Å². The van der Waals surface area contributed by atoms with Crippen LogP contribution in [0.3, 0.4) is 0 Å². The lowest BCUT2D eigenvalue weighted by Crippen LogP contribution is -2.50. The van der Waals surface area contributed by atoms with Crippen molar-refractivity contribution in [2.45, 2.75) is 57.1 Å². The van der Waals surface area contributed by atoms with Crippen molar-refractivity contribution in [2.75, 3.05) is 5.75 Å². The molecule has 0 aliphatic carbocycles. The van der Waals surface area contributed by atoms with Gasteiger partial charge in [-0.05, 0) is 50.1 Å². The van der Waals surface area contributed by atoms with E-state index in [0.717, 1.165) is 10.5 Å². The molecule has 1 atom stereocenters. The number of nitrogens with one attached hydrogen (secondary N) is 1. The summed E-state index contributed by atoms with van der Waals surface area (Å²) in [6.07, 6.45) is 0.938. The third-order valence-corrected chi connectivity index (χ3v) is 5.68. The number of hydrogen-bond acceptors (Lipinski definition) is 3. The van der Waals surface area contributed by atoms with Gasteiger partial charge < -0.3 is 10.2 Å². The first-order valence-electron chi connectivity index (χ1n) is 9.92. The van der Waals surface area contributed by atoms with Gasteiger partial charge in [0.1, 0.15) is 6.04 Å². The standard InChI is InChI=1S/C23H29ClN2O2S/c1-4-21(23(28)25-17(2)3)26(16-18-8-6-5-7-9-18)22(27)14-15-29-20-12-10-19(24)11-13-20/h5-13,17,21H,4,14-16H2,1-3H3,(H,25,28)/t21-/m0/s1. The Morgan fingerprint density at radius 2 is 1.72 bits per heavy atom. The van der Waals surface area contributed by atoms with E-state index in [1.165, 1.54) is 0 Å². The van der Waals surface area contributed by atoms with Gasteiger partial charge in [-0.15, -0.1) is 11.8 Å². The molecule has 2 rings (SSSR count). The lowest BCUT2D eigenvalue weighted by Gasteiger charge is -2.31. The van der Waals surface area contributed by atoms with Crippen molar-refractivity contribution in [1.82, 2.24) is 10.2 Å². The van der Waals surface area contributed by atoms with Gasteiger partial charge in [0.05, 0.1) is 0 Å². The van der Waals surface area contributed by atoms with Crippen molar-refractivity contribution in [3.63, 3.8) is 0 Å². The first-order chi connectivity index (χ1) is 13.9. The zero-order valence-electron chi connectivity index (χ0n) is 17.2. The molecule has 0 heterocycles. The number of hydrogen-bond donors (Lipinski definition) is 1. The highest BCUT2D eigenvalue weighted by Crippen LogP contribution is 2.22. The van der Waals surface area contributed by atoms with E-state index in [1.807, 2.05) is 75.4 Å². The van der Waals surface area contributed by atoms with Crippen molar-refractivity contribution in [1.29, 1.82) is 0 Å². The van der Waals surface area contributed by atoms with Crippen LogP contribution >= 0.6 is 23.4 Å². The number of carbonyl (C=O) groups excluding carboxylic acids is 2. The van der Waals surface area contributed by atoms with Crippen LogP contribution in [0, 0.1) is 0 Å². The average Bonchev–Trinajstić information content (AvgIpc) is 2.69. The van der Waals surface area contributed by atoms with Gasteiger partial charge in [-0.1, -0.05) is 48.9 Å². The molecule has 4 nitrogen and oxygen atoms in total. The highest BCUT2D eigenvalue weighted by molar-refractivity contribution is 7.99. The molecule has 0 unspecified atom stereocenters. The van der Waals surface area contributed by atoms with Crippen LogP contribution in [0.15, 0.2) is 59.5 Å². The van der Waals surface area contributed by atoms with E-state index >= 15 is 0 Å². The number of benzene rings is 2. The molecule has 0 spiro atoms. The van der Waals surface area contributed by atoms with Crippen LogP contribution < -0.4 is 5.32 Å². The van der Waals surface area contributed by atoms with Gasteiger partial charge in [0.2, 0.25) is 11.8 Å². The molecule has 0 aromatic heterocycles. The summed E-state index contributed by atoms with van der Waals surface area (Å²) in [6.45, 7) is 6.22. The number of carbonyl (C=O) groups is 2. The Balaban J connectivity index is 2.08. The molecule has 0 saturated carbocycles. The highest BCUT2D eigenvalue weighted by Gasteiger charge is 2.28. The predicted molar refractivity (Wildman–Crippen MR) is 121 cm³/mol. The van der Waals surface area contributed by atoms with Gasteiger partial charge in [0.15, 0.2) is 0 Å². The second-order valence-electron chi connectivity index (χ2n) is 7.15. The van der Waals surface area contributed by atoms with Crippen molar-refractivity contribution in [3.8, 4) is 0 Å². The topological polar surface area (TPSA) is 49.4 Å². The summed E-state index contributed by atoms with van der Waals surface area (Å²) in [5.41, 5.74) is 1.02. The Bertz CT molecular complexity index is 781. The van der Waals surface area contributed by atoms with Crippen LogP contribution in [0.1, 0.15) is 39.2 Å². The molecule has 0 aliphatic heterocycles. The van der Waals surface area contributed by atoms with E-state index in [-0.39, 0.29) is 17.9 Å². The predicted octanol–water partition coefficient (Wildman–Crippen LogP) is 5.15. The molecule has 156 valence electrons. The van der Waals surface area contributed by atoms with Crippen molar-refractivity contribution < 1.29 is 9.59 Å². The van der Waals surface area contributed by atoms with E-state index in [9.17, 15) is 9.59 Å². The van der Waals surface area contributed by atoms with E-state index in [2.05, 4.69) is 5.32 Å². The zero-order valence-corrected chi connectivity index (χ0v) is 18.8. The molecular formula is C23H29ClN2O2S. The third kappa shape index (κ3) is 7.75. The molecular weight excluding hydrogens is 404 g/mol. The molecule has 6 heteroatoms. The van der Waals surface area contributed by atoms with E-state index in [1.54, 1.807) is 16.7 Å². The minimum atomic E-state index is -0.481. The van der Waals surface area contributed by atoms with E-state index < -0.39 is 6.04 Å². The van der Waals surface area contributed by atoms with Gasteiger partial charge in [-0.3, -0.25) is 9.59 Å². The number of halogens is 1. The average molecular weight is 433 g/mol. The van der Waals surface area contributed by atoms with E-state index in [4.69, 9.17) is 11.6 Å². The fraction of sp³-hybridized carbons (Fsp3) is 0.391. The Labute approximate surface area is 183 Å². The summed E-state index contributed by atoms with van der Waals surface area (Å²) in [5.74, 6) is 0.534. The van der Waals surface area contributed by atoms with Crippen LogP contribution in [0.4, 0.5) is 0 Å². The largest absolute Gasteiger partial charge is 0.352 e. The molecule has 0 radical (unpaired) electrons. The fourth-order valence-corrected chi connectivity index (χ4v) is 3.98. The Morgan fingerprint density at radius 3 is 2.31 bits per heavy atom. The SMILES string of the molecule is CC[C@@H](C(=O)NC(C)C)N(Cc1ccccc1)C(=O)CCSc1ccc(Cl)cc1. The molecule has 2 aromatic carbocycles. The Kier molecular flexibility index (Phi) is 9.55. The van der Waals surface area contributed by atoms with Gasteiger partial charge >= 0.3 is 0 Å². The van der Waals surface area contributed by atoms with Gasteiger partial charge in [0, 0.05) is 34.7 Å². The first-order valence-corrected chi connectivity index (χ1v) is 11.3. The highest BCUT2D eigenvalue weighted by atomic mass is 35.5. The van der Waals surface area contributed by atoms with Crippen LogP contribution in [0.25, 0.3) is 0 Å². The summed E-state index contributed by atoms with van der Waals surface area (Å²) >= 11 is 7.54. The number of rotatable bonds is 10.